The average molecular weight is 254 g/mol. The minimum Gasteiger partial charge on any atom is -0.857 e. The lowest BCUT2D eigenvalue weighted by atomic mass is 9.97. The van der Waals surface area contributed by atoms with E-state index in [1.165, 1.54) is 0 Å². The fourth-order valence-corrected chi connectivity index (χ4v) is 2.38. The molecule has 0 aromatic carbocycles. The molecule has 0 bridgehead atoms. The van der Waals surface area contributed by atoms with Crippen LogP contribution in [0.4, 0.5) is 0 Å². The van der Waals surface area contributed by atoms with Crippen LogP contribution in [0.3, 0.4) is 0 Å². The first-order valence-corrected chi connectivity index (χ1v) is 6.70. The molecule has 1 rings (SSSR count). The van der Waals surface area contributed by atoms with E-state index in [2.05, 4.69) is 32.8 Å². The summed E-state index contributed by atoms with van der Waals surface area (Å²) in [7, 11) is 0. The molecule has 104 valence electrons. The maximum Gasteiger partial charge on any atom is 0.293 e. The SMILES string of the molecule is CC(C)C(C(C)C)=[N+]1N=C([O-])CC1OC(C)(C)C. The maximum absolute atomic E-state index is 11.6. The quantitative estimate of drug-likeness (QED) is 0.723. The van der Waals surface area contributed by atoms with Crippen molar-refractivity contribution in [2.24, 2.45) is 16.9 Å². The lowest BCUT2D eigenvalue weighted by Crippen LogP contribution is -2.37. The summed E-state index contributed by atoms with van der Waals surface area (Å²) in [4.78, 5) is 0. The number of rotatable bonds is 3. The molecule has 4 nitrogen and oxygen atoms in total. The topological polar surface area (TPSA) is 47.7 Å². The third-order valence-electron chi connectivity index (χ3n) is 2.78. The van der Waals surface area contributed by atoms with Gasteiger partial charge in [-0.1, -0.05) is 32.4 Å². The van der Waals surface area contributed by atoms with E-state index < -0.39 is 0 Å². The summed E-state index contributed by atoms with van der Waals surface area (Å²) in [5, 5.41) is 15.7. The highest BCUT2D eigenvalue weighted by Gasteiger charge is 2.37. The van der Waals surface area contributed by atoms with Crippen LogP contribution in [0.5, 0.6) is 0 Å². The van der Waals surface area contributed by atoms with Gasteiger partial charge in [0.15, 0.2) is 5.71 Å². The van der Waals surface area contributed by atoms with E-state index in [0.29, 0.717) is 18.3 Å². The Morgan fingerprint density at radius 2 is 1.78 bits per heavy atom. The summed E-state index contributed by atoms with van der Waals surface area (Å²) < 4.78 is 7.76. The second kappa shape index (κ2) is 5.39. The van der Waals surface area contributed by atoms with Crippen molar-refractivity contribution in [2.45, 2.75) is 66.7 Å². The zero-order chi connectivity index (χ0) is 14.1. The molecule has 1 unspecified atom stereocenters. The molecule has 1 atom stereocenters. The summed E-state index contributed by atoms with van der Waals surface area (Å²) in [6, 6.07) is 0. The van der Waals surface area contributed by atoms with Crippen molar-refractivity contribution in [2.75, 3.05) is 0 Å². The van der Waals surface area contributed by atoms with Gasteiger partial charge in [-0.25, -0.2) is 0 Å². The van der Waals surface area contributed by atoms with Crippen LogP contribution in [0.15, 0.2) is 5.10 Å². The van der Waals surface area contributed by atoms with Crippen molar-refractivity contribution in [3.05, 3.63) is 0 Å². The van der Waals surface area contributed by atoms with Crippen molar-refractivity contribution in [1.82, 2.24) is 0 Å². The predicted molar refractivity (Wildman–Crippen MR) is 71.6 cm³/mol. The first kappa shape index (κ1) is 15.2. The average Bonchev–Trinajstić information content (AvgIpc) is 2.42. The van der Waals surface area contributed by atoms with Gasteiger partial charge < -0.3 is 9.84 Å². The zero-order valence-corrected chi connectivity index (χ0v) is 12.7. The molecule has 0 amide bonds. The van der Waals surface area contributed by atoms with Crippen LogP contribution in [0.1, 0.15) is 54.9 Å². The Kier molecular flexibility index (Phi) is 4.54. The maximum atomic E-state index is 11.6. The van der Waals surface area contributed by atoms with Gasteiger partial charge in [-0.2, -0.15) is 0 Å². The fourth-order valence-electron chi connectivity index (χ4n) is 2.38. The van der Waals surface area contributed by atoms with Crippen LogP contribution in [-0.2, 0) is 4.74 Å². The van der Waals surface area contributed by atoms with Crippen LogP contribution in [0, 0.1) is 11.8 Å². The number of nitrogens with zero attached hydrogens (tertiary/aromatic N) is 2. The van der Waals surface area contributed by atoms with E-state index in [1.807, 2.05) is 25.5 Å². The summed E-state index contributed by atoms with van der Waals surface area (Å²) >= 11 is 0. The second-order valence-electron chi connectivity index (χ2n) is 6.46. The van der Waals surface area contributed by atoms with Crippen LogP contribution >= 0.6 is 0 Å². The molecule has 0 aromatic rings. The lowest BCUT2D eigenvalue weighted by Gasteiger charge is -2.23. The van der Waals surface area contributed by atoms with E-state index in [4.69, 9.17) is 4.74 Å². The molecule has 0 radical (unpaired) electrons. The van der Waals surface area contributed by atoms with Crippen molar-refractivity contribution in [1.29, 1.82) is 0 Å². The Morgan fingerprint density at radius 1 is 1.28 bits per heavy atom. The van der Waals surface area contributed by atoms with E-state index in [9.17, 15) is 5.11 Å². The smallest absolute Gasteiger partial charge is 0.293 e. The molecule has 0 spiro atoms. The summed E-state index contributed by atoms with van der Waals surface area (Å²) in [5.74, 6) is 0.611. The number of ether oxygens (including phenoxy) is 1. The minimum atomic E-state index is -0.276. The summed E-state index contributed by atoms with van der Waals surface area (Å²) in [5.41, 5.74) is 0.886. The van der Waals surface area contributed by atoms with Gasteiger partial charge in [0, 0.05) is 17.7 Å². The third-order valence-corrected chi connectivity index (χ3v) is 2.78. The van der Waals surface area contributed by atoms with Crippen LogP contribution in [0.25, 0.3) is 0 Å². The van der Waals surface area contributed by atoms with Gasteiger partial charge in [0.1, 0.15) is 0 Å². The molecule has 0 fully saturated rings. The fraction of sp³-hybridized carbons (Fsp3) is 0.857. The van der Waals surface area contributed by atoms with Gasteiger partial charge in [-0.15, -0.1) is 0 Å². The molecule has 1 heterocycles. The van der Waals surface area contributed by atoms with Crippen molar-refractivity contribution in [3.8, 4) is 0 Å². The Hall–Kier alpha value is -0.900. The van der Waals surface area contributed by atoms with Gasteiger partial charge in [0.25, 0.3) is 6.23 Å². The third kappa shape index (κ3) is 3.80. The van der Waals surface area contributed by atoms with Gasteiger partial charge in [-0.3, -0.25) is 0 Å². The van der Waals surface area contributed by atoms with E-state index in [-0.39, 0.29) is 17.7 Å². The van der Waals surface area contributed by atoms with Crippen molar-refractivity contribution < 1.29 is 14.5 Å². The highest BCUT2D eigenvalue weighted by molar-refractivity contribution is 5.84. The molecule has 0 saturated carbocycles. The van der Waals surface area contributed by atoms with Gasteiger partial charge >= 0.3 is 0 Å². The highest BCUT2D eigenvalue weighted by atomic mass is 16.5. The molecule has 1 aliphatic heterocycles. The normalized spacial score (nSPS) is 20.8. The van der Waals surface area contributed by atoms with Crippen molar-refractivity contribution >= 4 is 11.6 Å². The van der Waals surface area contributed by atoms with Crippen molar-refractivity contribution in [3.63, 3.8) is 0 Å². The summed E-state index contributed by atoms with van der Waals surface area (Å²) in [6.45, 7) is 14.5. The first-order chi connectivity index (χ1) is 8.11. The lowest BCUT2D eigenvalue weighted by molar-refractivity contribution is -0.618. The molecule has 0 N–H and O–H groups in total. The number of hydrogen-bond acceptors (Lipinski definition) is 3. The molecule has 0 saturated heterocycles. The Morgan fingerprint density at radius 3 is 2.17 bits per heavy atom. The predicted octanol–water partition coefficient (Wildman–Crippen LogP) is 1.97. The first-order valence-electron chi connectivity index (χ1n) is 6.70. The van der Waals surface area contributed by atoms with Crippen LogP contribution < -0.4 is 5.11 Å². The molecule has 0 aromatic heterocycles. The second-order valence-corrected chi connectivity index (χ2v) is 6.46. The Balaban J connectivity index is 3.11. The van der Waals surface area contributed by atoms with E-state index >= 15 is 0 Å². The number of hydrogen-bond donors (Lipinski definition) is 0. The molecular weight excluding hydrogens is 228 g/mol. The van der Waals surface area contributed by atoms with E-state index in [1.54, 1.807) is 0 Å². The van der Waals surface area contributed by atoms with E-state index in [0.717, 1.165) is 5.71 Å². The molecule has 0 aliphatic carbocycles. The van der Waals surface area contributed by atoms with Gasteiger partial charge in [-0.05, 0) is 25.9 Å². The summed E-state index contributed by atoms with van der Waals surface area (Å²) in [6.07, 6.45) is 0.0949. The monoisotopic (exact) mass is 254 g/mol. The Bertz CT molecular complexity index is 352. The molecule has 4 heteroatoms. The highest BCUT2D eigenvalue weighted by Crippen LogP contribution is 2.21. The van der Waals surface area contributed by atoms with Crippen LogP contribution in [0.2, 0.25) is 0 Å². The Labute approximate surface area is 110 Å². The standard InChI is InChI=1S/C14H26N2O2/c1-9(2)13(10(3)4)16-12(8-11(17)15-16)18-14(5,6)7/h9-10,12H,8H2,1-7H3. The molecule has 1 aliphatic rings. The number of hydrazone groups is 1. The van der Waals surface area contributed by atoms with Crippen LogP contribution in [-0.4, -0.2) is 28.1 Å². The molecule has 18 heavy (non-hydrogen) atoms. The zero-order valence-electron chi connectivity index (χ0n) is 12.7. The molecular formula is C14H26N2O2. The van der Waals surface area contributed by atoms with Gasteiger partial charge in [0.05, 0.1) is 12.0 Å². The largest absolute Gasteiger partial charge is 0.857 e. The minimum absolute atomic E-state index is 0.0944. The van der Waals surface area contributed by atoms with Gasteiger partial charge in [0.2, 0.25) is 0 Å².